The van der Waals surface area contributed by atoms with Gasteiger partial charge in [-0.3, -0.25) is 19.8 Å². The number of rotatable bonds is 4. The summed E-state index contributed by atoms with van der Waals surface area (Å²) in [6.07, 6.45) is 0.781. The summed E-state index contributed by atoms with van der Waals surface area (Å²) in [7, 11) is 1.64. The van der Waals surface area contributed by atoms with Crippen molar-refractivity contribution < 1.29 is 9.72 Å². The quantitative estimate of drug-likeness (QED) is 0.492. The predicted octanol–water partition coefficient (Wildman–Crippen LogP) is 1.13. The standard InChI is InChI=1S/C14H20N4O3/c1-14(13(19)16-2)5-6-17(9-14)8-10-3-4-11(15)12(7-10)18(20)21/h3-4,7H,5-6,8-9,15H2,1-2H3,(H,16,19). The molecule has 21 heavy (non-hydrogen) atoms. The predicted molar refractivity (Wildman–Crippen MR) is 79.6 cm³/mol. The molecule has 2 rings (SSSR count). The minimum absolute atomic E-state index is 0.0355. The Bertz CT molecular complexity index is 575. The Morgan fingerprint density at radius 2 is 2.29 bits per heavy atom. The molecule has 0 aromatic heterocycles. The van der Waals surface area contributed by atoms with Crippen LogP contribution in [0.2, 0.25) is 0 Å². The number of nitro benzene ring substituents is 1. The van der Waals surface area contributed by atoms with Gasteiger partial charge in [0.05, 0.1) is 10.3 Å². The van der Waals surface area contributed by atoms with E-state index >= 15 is 0 Å². The lowest BCUT2D eigenvalue weighted by Gasteiger charge is -2.22. The average Bonchev–Trinajstić information content (AvgIpc) is 2.82. The highest BCUT2D eigenvalue weighted by atomic mass is 16.6. The van der Waals surface area contributed by atoms with E-state index < -0.39 is 10.3 Å². The van der Waals surface area contributed by atoms with Crippen LogP contribution < -0.4 is 11.1 Å². The highest BCUT2D eigenvalue weighted by Gasteiger charge is 2.39. The molecule has 114 valence electrons. The summed E-state index contributed by atoms with van der Waals surface area (Å²) in [5, 5.41) is 13.6. The molecule has 1 unspecified atom stereocenters. The van der Waals surface area contributed by atoms with Crippen LogP contribution in [0.3, 0.4) is 0 Å². The molecule has 1 atom stereocenters. The smallest absolute Gasteiger partial charge is 0.292 e. The van der Waals surface area contributed by atoms with Crippen molar-refractivity contribution in [1.29, 1.82) is 0 Å². The lowest BCUT2D eigenvalue weighted by molar-refractivity contribution is -0.384. The van der Waals surface area contributed by atoms with Crippen LogP contribution >= 0.6 is 0 Å². The van der Waals surface area contributed by atoms with E-state index in [1.54, 1.807) is 19.2 Å². The molecule has 7 heteroatoms. The van der Waals surface area contributed by atoms with Crippen molar-refractivity contribution >= 4 is 17.3 Å². The van der Waals surface area contributed by atoms with Gasteiger partial charge in [0.2, 0.25) is 5.91 Å². The second kappa shape index (κ2) is 5.69. The second-order valence-corrected chi connectivity index (χ2v) is 5.75. The third-order valence-electron chi connectivity index (χ3n) is 4.03. The molecule has 1 aliphatic heterocycles. The molecule has 1 amide bonds. The number of hydrogen-bond acceptors (Lipinski definition) is 5. The maximum atomic E-state index is 11.9. The SMILES string of the molecule is CNC(=O)C1(C)CCN(Cc2ccc(N)c([N+](=O)[O-])c2)C1. The number of carbonyl (C=O) groups is 1. The number of anilines is 1. The van der Waals surface area contributed by atoms with Crippen molar-refractivity contribution in [3.63, 3.8) is 0 Å². The molecule has 0 saturated carbocycles. The molecule has 1 heterocycles. The lowest BCUT2D eigenvalue weighted by atomic mass is 9.89. The van der Waals surface area contributed by atoms with E-state index in [0.29, 0.717) is 13.1 Å². The van der Waals surface area contributed by atoms with Gasteiger partial charge < -0.3 is 11.1 Å². The Morgan fingerprint density at radius 1 is 1.57 bits per heavy atom. The van der Waals surface area contributed by atoms with Gasteiger partial charge in [0, 0.05) is 26.2 Å². The fraction of sp³-hybridized carbons (Fsp3) is 0.500. The number of likely N-dealkylation sites (tertiary alicyclic amines) is 1. The number of nitrogens with zero attached hydrogens (tertiary/aromatic N) is 2. The number of hydrogen-bond donors (Lipinski definition) is 2. The summed E-state index contributed by atoms with van der Waals surface area (Å²) in [5.74, 6) is 0.0355. The van der Waals surface area contributed by atoms with Crippen molar-refractivity contribution in [3.8, 4) is 0 Å². The van der Waals surface area contributed by atoms with Crippen LogP contribution in [0.25, 0.3) is 0 Å². The summed E-state index contributed by atoms with van der Waals surface area (Å²) in [5.41, 5.74) is 6.13. The third kappa shape index (κ3) is 3.13. The normalized spacial score (nSPS) is 22.2. The van der Waals surface area contributed by atoms with Crippen molar-refractivity contribution in [2.45, 2.75) is 19.9 Å². The van der Waals surface area contributed by atoms with E-state index in [1.165, 1.54) is 6.07 Å². The van der Waals surface area contributed by atoms with Gasteiger partial charge in [0.25, 0.3) is 5.69 Å². The third-order valence-corrected chi connectivity index (χ3v) is 4.03. The van der Waals surface area contributed by atoms with E-state index in [1.807, 2.05) is 6.92 Å². The first-order valence-electron chi connectivity index (χ1n) is 6.83. The van der Waals surface area contributed by atoms with Crippen LogP contribution in [0.4, 0.5) is 11.4 Å². The van der Waals surface area contributed by atoms with Gasteiger partial charge >= 0.3 is 0 Å². The van der Waals surface area contributed by atoms with Gasteiger partial charge in [0.1, 0.15) is 5.69 Å². The highest BCUT2D eigenvalue weighted by molar-refractivity contribution is 5.82. The molecule has 0 aliphatic carbocycles. The van der Waals surface area contributed by atoms with E-state index in [4.69, 9.17) is 5.73 Å². The maximum Gasteiger partial charge on any atom is 0.292 e. The number of nitrogens with two attached hydrogens (primary N) is 1. The molecule has 1 saturated heterocycles. The van der Waals surface area contributed by atoms with Crippen LogP contribution in [0, 0.1) is 15.5 Å². The van der Waals surface area contributed by atoms with Gasteiger partial charge in [-0.25, -0.2) is 0 Å². The minimum Gasteiger partial charge on any atom is -0.393 e. The van der Waals surface area contributed by atoms with Crippen LogP contribution in [0.5, 0.6) is 0 Å². The summed E-state index contributed by atoms with van der Waals surface area (Å²) in [6, 6.07) is 4.85. The van der Waals surface area contributed by atoms with E-state index in [2.05, 4.69) is 10.2 Å². The molecule has 1 aromatic carbocycles. The molecular formula is C14H20N4O3. The molecule has 7 nitrogen and oxygen atoms in total. The van der Waals surface area contributed by atoms with E-state index in [0.717, 1.165) is 18.5 Å². The first-order valence-corrected chi connectivity index (χ1v) is 6.83. The summed E-state index contributed by atoms with van der Waals surface area (Å²) >= 11 is 0. The molecule has 1 aromatic rings. The van der Waals surface area contributed by atoms with Gasteiger partial charge in [-0.15, -0.1) is 0 Å². The number of amides is 1. The minimum atomic E-state index is -0.475. The Kier molecular flexibility index (Phi) is 4.13. The maximum absolute atomic E-state index is 11.9. The fourth-order valence-electron chi connectivity index (χ4n) is 2.78. The number of nitrogens with one attached hydrogen (secondary N) is 1. The summed E-state index contributed by atoms with van der Waals surface area (Å²) in [6.45, 7) is 3.96. The molecule has 0 radical (unpaired) electrons. The van der Waals surface area contributed by atoms with Crippen molar-refractivity contribution in [2.24, 2.45) is 5.41 Å². The van der Waals surface area contributed by atoms with Crippen LogP contribution in [-0.4, -0.2) is 35.9 Å². The molecule has 1 fully saturated rings. The number of carbonyl (C=O) groups excluding carboxylic acids is 1. The zero-order valence-electron chi connectivity index (χ0n) is 12.3. The Labute approximate surface area is 123 Å². The molecule has 3 N–H and O–H groups in total. The Balaban J connectivity index is 2.09. The highest BCUT2D eigenvalue weighted by Crippen LogP contribution is 2.31. The van der Waals surface area contributed by atoms with Crippen molar-refractivity contribution in [3.05, 3.63) is 33.9 Å². The summed E-state index contributed by atoms with van der Waals surface area (Å²) < 4.78 is 0. The topological polar surface area (TPSA) is 102 Å². The fourth-order valence-corrected chi connectivity index (χ4v) is 2.78. The van der Waals surface area contributed by atoms with Gasteiger partial charge in [-0.05, 0) is 31.5 Å². The monoisotopic (exact) mass is 292 g/mol. The first-order chi connectivity index (χ1) is 9.85. The van der Waals surface area contributed by atoms with Crippen LogP contribution in [0.1, 0.15) is 18.9 Å². The van der Waals surface area contributed by atoms with Gasteiger partial charge in [-0.1, -0.05) is 6.07 Å². The van der Waals surface area contributed by atoms with Crippen LogP contribution in [0.15, 0.2) is 18.2 Å². The lowest BCUT2D eigenvalue weighted by Crippen LogP contribution is -2.39. The number of nitro groups is 1. The zero-order valence-corrected chi connectivity index (χ0v) is 12.3. The van der Waals surface area contributed by atoms with Crippen LogP contribution in [-0.2, 0) is 11.3 Å². The molecule has 1 aliphatic rings. The summed E-state index contributed by atoms with van der Waals surface area (Å²) in [4.78, 5) is 24.4. The molecule has 0 spiro atoms. The van der Waals surface area contributed by atoms with Gasteiger partial charge in [-0.2, -0.15) is 0 Å². The second-order valence-electron chi connectivity index (χ2n) is 5.75. The largest absolute Gasteiger partial charge is 0.393 e. The zero-order chi connectivity index (χ0) is 15.6. The van der Waals surface area contributed by atoms with Crippen molar-refractivity contribution in [1.82, 2.24) is 10.2 Å². The van der Waals surface area contributed by atoms with E-state index in [9.17, 15) is 14.9 Å². The number of benzene rings is 1. The Morgan fingerprint density at radius 3 is 2.90 bits per heavy atom. The molecular weight excluding hydrogens is 272 g/mol. The van der Waals surface area contributed by atoms with Crippen molar-refractivity contribution in [2.75, 3.05) is 25.9 Å². The Hall–Kier alpha value is -2.15. The van der Waals surface area contributed by atoms with E-state index in [-0.39, 0.29) is 17.3 Å². The van der Waals surface area contributed by atoms with Gasteiger partial charge in [0.15, 0.2) is 0 Å². The molecule has 0 bridgehead atoms. The average molecular weight is 292 g/mol. The number of nitrogen functional groups attached to an aromatic ring is 1. The first kappa shape index (κ1) is 15.2.